The SMILES string of the molecule is CCOc1cccc2c1OCC(=O)N(c1ccc(N(C)C)cc1)C2. The molecule has 0 spiro atoms. The summed E-state index contributed by atoms with van der Waals surface area (Å²) < 4.78 is 11.4. The van der Waals surface area contributed by atoms with Crippen molar-refractivity contribution in [1.82, 2.24) is 0 Å². The first-order chi connectivity index (χ1) is 11.6. The lowest BCUT2D eigenvalue weighted by atomic mass is 10.1. The first-order valence-corrected chi connectivity index (χ1v) is 8.05. The average molecular weight is 326 g/mol. The molecule has 0 radical (unpaired) electrons. The van der Waals surface area contributed by atoms with E-state index in [1.54, 1.807) is 4.90 Å². The summed E-state index contributed by atoms with van der Waals surface area (Å²) in [7, 11) is 3.98. The third kappa shape index (κ3) is 3.15. The molecule has 126 valence electrons. The van der Waals surface area contributed by atoms with Crippen molar-refractivity contribution in [2.45, 2.75) is 13.5 Å². The molecular weight excluding hydrogens is 304 g/mol. The van der Waals surface area contributed by atoms with Gasteiger partial charge in [0.25, 0.3) is 5.91 Å². The molecule has 0 aliphatic carbocycles. The van der Waals surface area contributed by atoms with Crippen molar-refractivity contribution < 1.29 is 14.3 Å². The lowest BCUT2D eigenvalue weighted by Crippen LogP contribution is -2.32. The summed E-state index contributed by atoms with van der Waals surface area (Å²) in [6, 6.07) is 13.7. The molecule has 1 aliphatic rings. The Labute approximate surface area is 142 Å². The molecule has 0 unspecified atom stereocenters. The average Bonchev–Trinajstić information content (AvgIpc) is 2.75. The van der Waals surface area contributed by atoms with Gasteiger partial charge in [0.05, 0.1) is 13.2 Å². The number of anilines is 2. The second-order valence-electron chi connectivity index (χ2n) is 5.86. The molecule has 5 nitrogen and oxygen atoms in total. The largest absolute Gasteiger partial charge is 0.490 e. The Hall–Kier alpha value is -2.69. The highest BCUT2D eigenvalue weighted by atomic mass is 16.5. The lowest BCUT2D eigenvalue weighted by molar-refractivity contribution is -0.120. The number of carbonyl (C=O) groups excluding carboxylic acids is 1. The molecule has 1 aliphatic heterocycles. The minimum absolute atomic E-state index is 0.00647. The van der Waals surface area contributed by atoms with Crippen LogP contribution in [0.4, 0.5) is 11.4 Å². The predicted octanol–water partition coefficient (Wildman–Crippen LogP) is 3.08. The normalized spacial score (nSPS) is 13.8. The monoisotopic (exact) mass is 326 g/mol. The van der Waals surface area contributed by atoms with Crippen LogP contribution in [0.15, 0.2) is 42.5 Å². The van der Waals surface area contributed by atoms with E-state index in [1.165, 1.54) is 0 Å². The molecule has 3 rings (SSSR count). The van der Waals surface area contributed by atoms with Gasteiger partial charge in [-0.25, -0.2) is 0 Å². The number of ether oxygens (including phenoxy) is 2. The molecule has 0 aromatic heterocycles. The molecule has 24 heavy (non-hydrogen) atoms. The van der Waals surface area contributed by atoms with Crippen molar-refractivity contribution in [1.29, 1.82) is 0 Å². The Morgan fingerprint density at radius 3 is 2.58 bits per heavy atom. The fourth-order valence-corrected chi connectivity index (χ4v) is 2.76. The Morgan fingerprint density at radius 1 is 1.17 bits per heavy atom. The Bertz CT molecular complexity index is 726. The molecule has 5 heteroatoms. The second kappa shape index (κ2) is 6.83. The van der Waals surface area contributed by atoms with E-state index in [9.17, 15) is 4.79 Å². The fourth-order valence-electron chi connectivity index (χ4n) is 2.76. The van der Waals surface area contributed by atoms with E-state index >= 15 is 0 Å². The number of fused-ring (bicyclic) bond motifs is 1. The summed E-state index contributed by atoms with van der Waals surface area (Å²) in [5, 5.41) is 0. The highest BCUT2D eigenvalue weighted by Crippen LogP contribution is 2.35. The van der Waals surface area contributed by atoms with Gasteiger partial charge in [-0.2, -0.15) is 0 Å². The van der Waals surface area contributed by atoms with Crippen molar-refractivity contribution in [3.63, 3.8) is 0 Å². The number of benzene rings is 2. The fraction of sp³-hybridized carbons (Fsp3) is 0.316. The van der Waals surface area contributed by atoms with Crippen LogP contribution in [0.5, 0.6) is 11.5 Å². The summed E-state index contributed by atoms with van der Waals surface area (Å²) in [6.45, 7) is 2.96. The maximum Gasteiger partial charge on any atom is 0.265 e. The van der Waals surface area contributed by atoms with Crippen LogP contribution in [-0.4, -0.2) is 33.2 Å². The summed E-state index contributed by atoms with van der Waals surface area (Å²) in [5.74, 6) is 1.29. The van der Waals surface area contributed by atoms with Crippen LogP contribution in [-0.2, 0) is 11.3 Å². The van der Waals surface area contributed by atoms with Crippen molar-refractivity contribution in [2.75, 3.05) is 37.1 Å². The van der Waals surface area contributed by atoms with Gasteiger partial charge in [0.15, 0.2) is 18.1 Å². The van der Waals surface area contributed by atoms with Gasteiger partial charge >= 0.3 is 0 Å². The van der Waals surface area contributed by atoms with E-state index in [4.69, 9.17) is 9.47 Å². The van der Waals surface area contributed by atoms with Gasteiger partial charge in [-0.05, 0) is 37.3 Å². The van der Waals surface area contributed by atoms with E-state index in [0.717, 1.165) is 16.9 Å². The summed E-state index contributed by atoms with van der Waals surface area (Å²) in [4.78, 5) is 16.3. The molecule has 2 aromatic rings. The van der Waals surface area contributed by atoms with Gasteiger partial charge in [-0.1, -0.05) is 12.1 Å². The van der Waals surface area contributed by atoms with Crippen LogP contribution in [0.3, 0.4) is 0 Å². The van der Waals surface area contributed by atoms with Crippen LogP contribution in [0.2, 0.25) is 0 Å². The third-order valence-corrected chi connectivity index (χ3v) is 4.01. The number of carbonyl (C=O) groups is 1. The summed E-state index contributed by atoms with van der Waals surface area (Å²) in [6.07, 6.45) is 0. The molecule has 1 heterocycles. The standard InChI is InChI=1S/C19H22N2O3/c1-4-23-17-7-5-6-14-12-21(18(22)13-24-19(14)17)16-10-8-15(9-11-16)20(2)3/h5-11H,4,12-13H2,1-3H3. The van der Waals surface area contributed by atoms with Crippen molar-refractivity contribution >= 4 is 17.3 Å². The van der Waals surface area contributed by atoms with Crippen LogP contribution in [0, 0.1) is 0 Å². The molecule has 0 saturated heterocycles. The Kier molecular flexibility index (Phi) is 4.60. The molecule has 0 saturated carbocycles. The van der Waals surface area contributed by atoms with Crippen LogP contribution in [0.25, 0.3) is 0 Å². The first-order valence-electron chi connectivity index (χ1n) is 8.05. The highest BCUT2D eigenvalue weighted by molar-refractivity contribution is 5.95. The Balaban J connectivity index is 1.92. The number of hydrogen-bond acceptors (Lipinski definition) is 4. The quantitative estimate of drug-likeness (QED) is 0.866. The molecule has 0 fully saturated rings. The number of amides is 1. The zero-order valence-electron chi connectivity index (χ0n) is 14.3. The predicted molar refractivity (Wildman–Crippen MR) is 95.1 cm³/mol. The van der Waals surface area contributed by atoms with E-state index in [2.05, 4.69) is 0 Å². The van der Waals surface area contributed by atoms with Gasteiger partial charge in [0.2, 0.25) is 0 Å². The highest BCUT2D eigenvalue weighted by Gasteiger charge is 2.25. The molecule has 1 amide bonds. The zero-order chi connectivity index (χ0) is 17.1. The van der Waals surface area contributed by atoms with Gasteiger partial charge in [-0.15, -0.1) is 0 Å². The van der Waals surface area contributed by atoms with Gasteiger partial charge in [0.1, 0.15) is 0 Å². The van der Waals surface area contributed by atoms with E-state index in [-0.39, 0.29) is 12.5 Å². The number of rotatable bonds is 4. The summed E-state index contributed by atoms with van der Waals surface area (Å²) >= 11 is 0. The maximum atomic E-state index is 12.5. The molecule has 0 bridgehead atoms. The minimum Gasteiger partial charge on any atom is -0.490 e. The third-order valence-electron chi connectivity index (χ3n) is 4.01. The van der Waals surface area contributed by atoms with Crippen molar-refractivity contribution in [3.05, 3.63) is 48.0 Å². The Morgan fingerprint density at radius 2 is 1.92 bits per heavy atom. The number of nitrogens with zero attached hydrogens (tertiary/aromatic N) is 2. The van der Waals surface area contributed by atoms with Crippen LogP contribution in [0.1, 0.15) is 12.5 Å². The minimum atomic E-state index is -0.0637. The van der Waals surface area contributed by atoms with Crippen LogP contribution >= 0.6 is 0 Å². The van der Waals surface area contributed by atoms with Gasteiger partial charge in [0, 0.05) is 31.0 Å². The molecule has 0 atom stereocenters. The van der Waals surface area contributed by atoms with Crippen molar-refractivity contribution in [3.8, 4) is 11.5 Å². The smallest absolute Gasteiger partial charge is 0.265 e. The van der Waals surface area contributed by atoms with Crippen molar-refractivity contribution in [2.24, 2.45) is 0 Å². The lowest BCUT2D eigenvalue weighted by Gasteiger charge is -2.21. The van der Waals surface area contributed by atoms with E-state index < -0.39 is 0 Å². The molecule has 2 aromatic carbocycles. The van der Waals surface area contributed by atoms with Gasteiger partial charge < -0.3 is 19.3 Å². The van der Waals surface area contributed by atoms with Gasteiger partial charge in [-0.3, -0.25) is 4.79 Å². The topological polar surface area (TPSA) is 42.0 Å². The molecular formula is C19H22N2O3. The van der Waals surface area contributed by atoms with E-state index in [0.29, 0.717) is 24.7 Å². The van der Waals surface area contributed by atoms with E-state index in [1.807, 2.05) is 68.4 Å². The number of hydrogen-bond donors (Lipinski definition) is 0. The zero-order valence-corrected chi connectivity index (χ0v) is 14.3. The molecule has 0 N–H and O–H groups in total. The summed E-state index contributed by atoms with van der Waals surface area (Å²) in [5.41, 5.74) is 2.91. The van der Waals surface area contributed by atoms with Crippen LogP contribution < -0.4 is 19.3 Å². The number of para-hydroxylation sites is 1. The maximum absolute atomic E-state index is 12.5. The first kappa shape index (κ1) is 16.2. The second-order valence-corrected chi connectivity index (χ2v) is 5.86.